The van der Waals surface area contributed by atoms with Gasteiger partial charge in [0.2, 0.25) is 0 Å². The van der Waals surface area contributed by atoms with E-state index in [9.17, 15) is 0 Å². The smallest absolute Gasteiger partial charge is 0.385 e. The number of rotatable bonds is 7. The fourth-order valence-electron chi connectivity index (χ4n) is 2.91. The van der Waals surface area contributed by atoms with Gasteiger partial charge in [-0.05, 0) is 6.04 Å². The highest BCUT2D eigenvalue weighted by Crippen LogP contribution is 2.25. The normalized spacial score (nSPS) is 15.7. The number of hydrogen-bond acceptors (Lipinski definition) is 3. The fraction of sp³-hybridized carbons (Fsp3) is 1.00. The Hall–Kier alpha value is 0.531. The van der Waals surface area contributed by atoms with Crippen molar-refractivity contribution >= 4 is 25.8 Å². The lowest BCUT2D eigenvalue weighted by atomic mass is 10.4. The molecule has 0 bridgehead atoms. The molecule has 0 aromatic heterocycles. The first-order chi connectivity index (χ1) is 7.54. The highest BCUT2D eigenvalue weighted by atomic mass is 28.4. The van der Waals surface area contributed by atoms with Gasteiger partial charge in [-0.25, -0.2) is 0 Å². The van der Waals surface area contributed by atoms with E-state index in [-0.39, 0.29) is 0 Å². The van der Waals surface area contributed by atoms with Gasteiger partial charge < -0.3 is 13.1 Å². The number of hydrogen-bond donors (Lipinski definition) is 0. The summed E-state index contributed by atoms with van der Waals surface area (Å²) in [6.45, 7) is 17.0. The molecule has 1 atom stereocenters. The van der Waals surface area contributed by atoms with Crippen molar-refractivity contribution in [1.82, 2.24) is 4.23 Å². The maximum atomic E-state index is 5.43. The summed E-state index contributed by atoms with van der Waals surface area (Å²) in [6.07, 6.45) is 0. The van der Waals surface area contributed by atoms with Gasteiger partial charge in [0.25, 0.3) is 0 Å². The minimum atomic E-state index is -1.28. The molecule has 3 nitrogen and oxygen atoms in total. The van der Waals surface area contributed by atoms with Gasteiger partial charge in [0.1, 0.15) is 16.5 Å². The van der Waals surface area contributed by atoms with E-state index in [4.69, 9.17) is 8.85 Å². The monoisotopic (exact) mass is 292 g/mol. The standard InChI is InChI=1S/C11H30NO2Si3/c1-11(10-15(13-2)14-3)12(16(4,5)6)17(7,8)9/h11H,10H2,1-9H3. The third-order valence-electron chi connectivity index (χ3n) is 2.80. The number of nitrogens with zero attached hydrogens (tertiary/aromatic N) is 1. The molecule has 1 radical (unpaired) electrons. The largest absolute Gasteiger partial charge is 0.397 e. The Morgan fingerprint density at radius 1 is 0.941 bits per heavy atom. The molecule has 0 aliphatic rings. The first-order valence-electron chi connectivity index (χ1n) is 6.27. The molecule has 0 N–H and O–H groups in total. The average molecular weight is 293 g/mol. The summed E-state index contributed by atoms with van der Waals surface area (Å²) in [7, 11) is -0.114. The molecule has 0 aliphatic carbocycles. The summed E-state index contributed by atoms with van der Waals surface area (Å²) in [5, 5.41) is 0. The van der Waals surface area contributed by atoms with Crippen LogP contribution in [0.15, 0.2) is 0 Å². The highest BCUT2D eigenvalue weighted by Gasteiger charge is 2.38. The van der Waals surface area contributed by atoms with Crippen LogP contribution in [0.1, 0.15) is 6.92 Å². The van der Waals surface area contributed by atoms with Gasteiger partial charge in [0.05, 0.1) is 0 Å². The fourth-order valence-corrected chi connectivity index (χ4v) is 15.3. The average Bonchev–Trinajstić information content (AvgIpc) is 2.09. The maximum absolute atomic E-state index is 5.43. The summed E-state index contributed by atoms with van der Waals surface area (Å²) in [6, 6.07) is 1.62. The zero-order valence-electron chi connectivity index (χ0n) is 13.0. The topological polar surface area (TPSA) is 21.7 Å². The first-order valence-corrected chi connectivity index (χ1v) is 14.7. The molecule has 0 spiro atoms. The van der Waals surface area contributed by atoms with Crippen molar-refractivity contribution in [1.29, 1.82) is 0 Å². The second-order valence-corrected chi connectivity index (χ2v) is 18.6. The molecule has 0 fully saturated rings. The van der Waals surface area contributed by atoms with Crippen LogP contribution in [-0.4, -0.2) is 50.2 Å². The van der Waals surface area contributed by atoms with Crippen LogP contribution in [0, 0.1) is 0 Å². The van der Waals surface area contributed by atoms with E-state index < -0.39 is 25.8 Å². The van der Waals surface area contributed by atoms with Gasteiger partial charge in [-0.2, -0.15) is 0 Å². The van der Waals surface area contributed by atoms with Gasteiger partial charge in [0, 0.05) is 20.3 Å². The molecule has 6 heteroatoms. The molecule has 0 aliphatic heterocycles. The van der Waals surface area contributed by atoms with Crippen LogP contribution in [0.2, 0.25) is 45.3 Å². The van der Waals surface area contributed by atoms with Crippen molar-refractivity contribution in [2.24, 2.45) is 0 Å². The summed E-state index contributed by atoms with van der Waals surface area (Å²) in [5.41, 5.74) is 0. The predicted octanol–water partition coefficient (Wildman–Crippen LogP) is 3.13. The Balaban J connectivity index is 4.84. The molecule has 17 heavy (non-hydrogen) atoms. The van der Waals surface area contributed by atoms with Gasteiger partial charge in [-0.15, -0.1) is 0 Å². The van der Waals surface area contributed by atoms with Crippen LogP contribution in [0.25, 0.3) is 0 Å². The Morgan fingerprint density at radius 3 is 1.53 bits per heavy atom. The van der Waals surface area contributed by atoms with E-state index in [0.29, 0.717) is 6.04 Å². The lowest BCUT2D eigenvalue weighted by Crippen LogP contribution is -2.63. The Morgan fingerprint density at radius 2 is 1.29 bits per heavy atom. The van der Waals surface area contributed by atoms with E-state index >= 15 is 0 Å². The molecule has 0 saturated heterocycles. The Kier molecular flexibility index (Phi) is 6.83. The van der Waals surface area contributed by atoms with Crippen molar-refractivity contribution in [3.63, 3.8) is 0 Å². The van der Waals surface area contributed by atoms with Crippen LogP contribution in [0.4, 0.5) is 0 Å². The van der Waals surface area contributed by atoms with Crippen LogP contribution in [0.3, 0.4) is 0 Å². The van der Waals surface area contributed by atoms with E-state index in [0.717, 1.165) is 6.04 Å². The third-order valence-corrected chi connectivity index (χ3v) is 12.4. The van der Waals surface area contributed by atoms with Crippen LogP contribution < -0.4 is 0 Å². The zero-order chi connectivity index (χ0) is 13.9. The SMILES string of the molecule is CO[Si](CC(C)N([Si](C)(C)C)[Si](C)(C)C)OC. The molecule has 0 aromatic carbocycles. The van der Waals surface area contributed by atoms with Gasteiger partial charge in [-0.1, -0.05) is 46.2 Å². The lowest BCUT2D eigenvalue weighted by molar-refractivity contribution is 0.269. The maximum Gasteiger partial charge on any atom is 0.385 e. The van der Waals surface area contributed by atoms with Gasteiger partial charge >= 0.3 is 9.28 Å². The predicted molar refractivity (Wildman–Crippen MR) is 82.6 cm³/mol. The van der Waals surface area contributed by atoms with Crippen LogP contribution in [0.5, 0.6) is 0 Å². The molecule has 0 saturated carbocycles. The van der Waals surface area contributed by atoms with Crippen molar-refractivity contribution in [3.05, 3.63) is 0 Å². The molecular weight excluding hydrogens is 262 g/mol. The summed E-state index contributed by atoms with van der Waals surface area (Å²) >= 11 is 0. The zero-order valence-corrected chi connectivity index (χ0v) is 16.0. The molecule has 1 unspecified atom stereocenters. The Labute approximate surface area is 112 Å². The summed E-state index contributed by atoms with van der Waals surface area (Å²) in [5.74, 6) is 0. The molecule has 0 heterocycles. The summed E-state index contributed by atoms with van der Waals surface area (Å²) in [4.78, 5) is 0. The van der Waals surface area contributed by atoms with Gasteiger partial charge in [-0.3, -0.25) is 0 Å². The van der Waals surface area contributed by atoms with Crippen LogP contribution in [-0.2, 0) is 8.85 Å². The van der Waals surface area contributed by atoms with Gasteiger partial charge in [0.15, 0.2) is 0 Å². The van der Waals surface area contributed by atoms with E-state index in [1.165, 1.54) is 0 Å². The molecule has 0 aromatic rings. The lowest BCUT2D eigenvalue weighted by Gasteiger charge is -2.48. The van der Waals surface area contributed by atoms with E-state index in [1.54, 1.807) is 14.2 Å². The van der Waals surface area contributed by atoms with Crippen molar-refractivity contribution in [2.45, 2.75) is 58.3 Å². The molecule has 103 valence electrons. The molecule has 0 amide bonds. The minimum absolute atomic E-state index is 0.571. The van der Waals surface area contributed by atoms with Crippen molar-refractivity contribution < 1.29 is 8.85 Å². The molecule has 0 rings (SSSR count). The first kappa shape index (κ1) is 17.5. The second kappa shape index (κ2) is 6.63. The highest BCUT2D eigenvalue weighted by molar-refractivity contribution is 6.89. The molecular formula is C11H30NO2Si3. The van der Waals surface area contributed by atoms with Crippen molar-refractivity contribution in [3.8, 4) is 0 Å². The Bertz CT molecular complexity index is 208. The quantitative estimate of drug-likeness (QED) is 0.673. The summed E-state index contributed by atoms with van der Waals surface area (Å²) < 4.78 is 13.7. The third kappa shape index (κ3) is 5.80. The van der Waals surface area contributed by atoms with Crippen molar-refractivity contribution in [2.75, 3.05) is 14.2 Å². The minimum Gasteiger partial charge on any atom is -0.397 e. The van der Waals surface area contributed by atoms with E-state index in [2.05, 4.69) is 50.4 Å². The second-order valence-electron chi connectivity index (χ2n) is 6.55. The van der Waals surface area contributed by atoms with Crippen LogP contribution >= 0.6 is 0 Å². The van der Waals surface area contributed by atoms with E-state index in [1.807, 2.05) is 0 Å².